The van der Waals surface area contributed by atoms with Gasteiger partial charge in [0.25, 0.3) is 0 Å². The lowest BCUT2D eigenvalue weighted by molar-refractivity contribution is 0.262. The molecule has 0 spiro atoms. The Hall–Kier alpha value is -4.34. The van der Waals surface area contributed by atoms with Gasteiger partial charge in [0, 0.05) is 35.9 Å². The smallest absolute Gasteiger partial charge is 0.323 e. The van der Waals surface area contributed by atoms with Crippen molar-refractivity contribution in [1.82, 2.24) is 19.5 Å². The molecule has 150 valence electrons. The number of carbonyl (C=O) groups is 1. The Bertz CT molecular complexity index is 1160. The fourth-order valence-corrected chi connectivity index (χ4v) is 2.61. The molecule has 0 aliphatic rings. The Labute approximate surface area is 169 Å². The second-order valence-electron chi connectivity index (χ2n) is 6.14. The van der Waals surface area contributed by atoms with Gasteiger partial charge in [-0.1, -0.05) is 0 Å². The highest BCUT2D eigenvalue weighted by Gasteiger charge is 2.09. The number of nitrogens with zero attached hydrogens (tertiary/aromatic N) is 4. The zero-order valence-corrected chi connectivity index (χ0v) is 15.4. The maximum atomic E-state index is 13.6. The number of urea groups is 1. The molecule has 0 saturated carbocycles. The van der Waals surface area contributed by atoms with Gasteiger partial charge in [-0.05, 0) is 36.4 Å². The largest absolute Gasteiger partial charge is 0.340 e. The zero-order chi connectivity index (χ0) is 20.9. The average Bonchev–Trinajstić information content (AvgIpc) is 3.27. The van der Waals surface area contributed by atoms with E-state index in [2.05, 4.69) is 30.9 Å². The molecule has 0 saturated heterocycles. The molecular weight excluding hydrogens is 392 g/mol. The van der Waals surface area contributed by atoms with E-state index < -0.39 is 17.7 Å². The summed E-state index contributed by atoms with van der Waals surface area (Å²) in [7, 11) is 0. The van der Waals surface area contributed by atoms with Crippen molar-refractivity contribution in [3.63, 3.8) is 0 Å². The lowest BCUT2D eigenvalue weighted by atomic mass is 10.2. The molecule has 0 unspecified atom stereocenters. The van der Waals surface area contributed by atoms with E-state index in [-0.39, 0.29) is 5.69 Å². The maximum absolute atomic E-state index is 13.6. The number of hydrogen-bond donors (Lipinski definition) is 3. The fraction of sp³-hybridized carbons (Fsp3) is 0. The molecule has 2 aromatic heterocycles. The van der Waals surface area contributed by atoms with Crippen LogP contribution in [0.15, 0.2) is 73.6 Å². The van der Waals surface area contributed by atoms with Gasteiger partial charge in [-0.3, -0.25) is 4.57 Å². The highest BCUT2D eigenvalue weighted by Crippen LogP contribution is 2.20. The SMILES string of the molecule is O=C(Nc1ccc(Nc2cc(-n3ccnc3)ncn2)cc1)Nc1cc(F)ccc1F. The summed E-state index contributed by atoms with van der Waals surface area (Å²) in [6.45, 7) is 0. The topological polar surface area (TPSA) is 96.8 Å². The Morgan fingerprint density at radius 2 is 1.73 bits per heavy atom. The summed E-state index contributed by atoms with van der Waals surface area (Å²) >= 11 is 0. The monoisotopic (exact) mass is 407 g/mol. The van der Waals surface area contributed by atoms with Crippen molar-refractivity contribution in [2.75, 3.05) is 16.0 Å². The van der Waals surface area contributed by atoms with Crippen LogP contribution in [0.2, 0.25) is 0 Å². The van der Waals surface area contributed by atoms with Crippen molar-refractivity contribution in [2.24, 2.45) is 0 Å². The van der Waals surface area contributed by atoms with Gasteiger partial charge in [0.15, 0.2) is 0 Å². The van der Waals surface area contributed by atoms with Crippen LogP contribution in [0, 0.1) is 11.6 Å². The van der Waals surface area contributed by atoms with E-state index in [9.17, 15) is 13.6 Å². The Balaban J connectivity index is 1.39. The second-order valence-corrected chi connectivity index (χ2v) is 6.14. The van der Waals surface area contributed by atoms with E-state index in [1.807, 2.05) is 0 Å². The molecule has 2 heterocycles. The number of benzene rings is 2. The number of imidazole rings is 1. The van der Waals surface area contributed by atoms with Gasteiger partial charge in [-0.25, -0.2) is 28.5 Å². The molecule has 2 amide bonds. The van der Waals surface area contributed by atoms with Crippen molar-refractivity contribution < 1.29 is 13.6 Å². The number of halogens is 2. The molecule has 0 aliphatic heterocycles. The van der Waals surface area contributed by atoms with Crippen LogP contribution in [-0.2, 0) is 0 Å². The van der Waals surface area contributed by atoms with Crippen LogP contribution in [-0.4, -0.2) is 25.6 Å². The van der Waals surface area contributed by atoms with E-state index in [0.29, 0.717) is 17.3 Å². The molecule has 10 heteroatoms. The number of hydrogen-bond acceptors (Lipinski definition) is 5. The summed E-state index contributed by atoms with van der Waals surface area (Å²) in [5.41, 5.74) is 0.951. The Morgan fingerprint density at radius 3 is 2.50 bits per heavy atom. The minimum Gasteiger partial charge on any atom is -0.340 e. The fourth-order valence-electron chi connectivity index (χ4n) is 2.61. The zero-order valence-electron chi connectivity index (χ0n) is 15.4. The summed E-state index contributed by atoms with van der Waals surface area (Å²) < 4.78 is 28.6. The molecule has 0 fully saturated rings. The van der Waals surface area contributed by atoms with Gasteiger partial charge < -0.3 is 16.0 Å². The minimum absolute atomic E-state index is 0.247. The van der Waals surface area contributed by atoms with Gasteiger partial charge in [0.2, 0.25) is 0 Å². The first-order chi connectivity index (χ1) is 14.6. The number of nitrogens with one attached hydrogen (secondary N) is 3. The van der Waals surface area contributed by atoms with Crippen molar-refractivity contribution in [1.29, 1.82) is 0 Å². The van der Waals surface area contributed by atoms with Gasteiger partial charge in [0.05, 0.1) is 5.69 Å². The van der Waals surface area contributed by atoms with Crippen molar-refractivity contribution in [2.45, 2.75) is 0 Å². The van der Waals surface area contributed by atoms with Crippen LogP contribution < -0.4 is 16.0 Å². The normalized spacial score (nSPS) is 10.5. The Morgan fingerprint density at radius 1 is 0.933 bits per heavy atom. The summed E-state index contributed by atoms with van der Waals surface area (Å²) in [6.07, 6.45) is 6.49. The molecule has 0 bridgehead atoms. The van der Waals surface area contributed by atoms with Gasteiger partial charge in [0.1, 0.15) is 35.9 Å². The van der Waals surface area contributed by atoms with Gasteiger partial charge >= 0.3 is 6.03 Å². The molecule has 0 aliphatic carbocycles. The first-order valence-electron chi connectivity index (χ1n) is 8.77. The quantitative estimate of drug-likeness (QED) is 0.458. The lowest BCUT2D eigenvalue weighted by Gasteiger charge is -2.10. The first-order valence-corrected chi connectivity index (χ1v) is 8.77. The first kappa shape index (κ1) is 19.0. The number of aromatic nitrogens is 4. The van der Waals surface area contributed by atoms with Crippen LogP contribution in [0.3, 0.4) is 0 Å². The molecule has 0 radical (unpaired) electrons. The predicted octanol–water partition coefficient (Wildman–Crippen LogP) is 4.33. The van der Waals surface area contributed by atoms with Crippen molar-refractivity contribution in [3.8, 4) is 5.82 Å². The van der Waals surface area contributed by atoms with Gasteiger partial charge in [-0.2, -0.15) is 0 Å². The summed E-state index contributed by atoms with van der Waals surface area (Å²) in [4.78, 5) is 24.4. The maximum Gasteiger partial charge on any atom is 0.323 e. The molecular formula is C20H15F2N7O. The molecule has 0 atom stereocenters. The standard InChI is InChI=1S/C20H15F2N7O/c21-13-1-6-16(22)17(9-13)28-20(30)27-15-4-2-14(3-5-15)26-18-10-19(25-11-24-18)29-8-7-23-12-29/h1-12H,(H,24,25,26)(H2,27,28,30). The minimum atomic E-state index is -0.731. The van der Waals surface area contributed by atoms with Crippen LogP contribution in [0.5, 0.6) is 0 Å². The lowest BCUT2D eigenvalue weighted by Crippen LogP contribution is -2.20. The van der Waals surface area contributed by atoms with Crippen LogP contribution in [0.25, 0.3) is 5.82 Å². The van der Waals surface area contributed by atoms with Gasteiger partial charge in [-0.15, -0.1) is 0 Å². The van der Waals surface area contributed by atoms with E-state index in [1.165, 1.54) is 6.33 Å². The molecule has 4 rings (SSSR count). The van der Waals surface area contributed by atoms with E-state index in [0.717, 1.165) is 23.9 Å². The summed E-state index contributed by atoms with van der Waals surface area (Å²) in [5.74, 6) is -0.146. The number of carbonyl (C=O) groups excluding carboxylic acids is 1. The number of rotatable bonds is 5. The third-order valence-electron chi connectivity index (χ3n) is 4.01. The van der Waals surface area contributed by atoms with Crippen LogP contribution in [0.1, 0.15) is 0 Å². The van der Waals surface area contributed by atoms with E-state index in [1.54, 1.807) is 53.6 Å². The second kappa shape index (κ2) is 8.35. The number of anilines is 4. The molecule has 30 heavy (non-hydrogen) atoms. The highest BCUT2D eigenvalue weighted by atomic mass is 19.1. The average molecular weight is 407 g/mol. The van der Waals surface area contributed by atoms with Crippen LogP contribution in [0.4, 0.5) is 36.5 Å². The van der Waals surface area contributed by atoms with Crippen molar-refractivity contribution >= 4 is 28.9 Å². The van der Waals surface area contributed by atoms with Crippen molar-refractivity contribution in [3.05, 3.63) is 85.2 Å². The van der Waals surface area contributed by atoms with E-state index in [4.69, 9.17) is 0 Å². The predicted molar refractivity (Wildman–Crippen MR) is 108 cm³/mol. The molecule has 4 aromatic rings. The summed E-state index contributed by atoms with van der Waals surface area (Å²) in [5, 5.41) is 7.96. The molecule has 2 aromatic carbocycles. The third kappa shape index (κ3) is 4.55. The molecule has 3 N–H and O–H groups in total. The third-order valence-corrected chi connectivity index (χ3v) is 4.01. The Kier molecular flexibility index (Phi) is 5.29. The number of amides is 2. The van der Waals surface area contributed by atoms with Crippen LogP contribution >= 0.6 is 0 Å². The van der Waals surface area contributed by atoms with E-state index >= 15 is 0 Å². The highest BCUT2D eigenvalue weighted by molar-refractivity contribution is 5.99. The summed E-state index contributed by atoms with van der Waals surface area (Å²) in [6, 6.07) is 10.7. The molecule has 8 nitrogen and oxygen atoms in total.